The van der Waals surface area contributed by atoms with E-state index in [4.69, 9.17) is 47.4 Å². The highest BCUT2D eigenvalue weighted by Gasteiger charge is 2.45. The highest BCUT2D eigenvalue weighted by atomic mass is 16.7. The van der Waals surface area contributed by atoms with Gasteiger partial charge in [-0.2, -0.15) is 0 Å². The normalized spacial score (nSPS) is 24.3. The molecule has 346 valence electrons. The largest absolute Gasteiger partial charge is 0.493 e. The molecular formula is C51H66N2O11. The molecule has 1 saturated heterocycles. The molecule has 0 radical (unpaired) electrons. The fraction of sp³-hybridized carbons (Fsp3) is 0.549. The minimum Gasteiger partial charge on any atom is -0.493 e. The smallest absolute Gasteiger partial charge is 0.289 e. The molecule has 1 fully saturated rings. The number of fused-ring (bicyclic) bond motifs is 5. The van der Waals surface area contributed by atoms with Crippen LogP contribution in [0.2, 0.25) is 0 Å². The quantitative estimate of drug-likeness (QED) is 0.0916. The van der Waals surface area contributed by atoms with Crippen molar-refractivity contribution in [3.63, 3.8) is 0 Å². The molecule has 5 heterocycles. The van der Waals surface area contributed by atoms with Crippen molar-refractivity contribution < 1.29 is 52.2 Å². The van der Waals surface area contributed by atoms with Gasteiger partial charge in [0.15, 0.2) is 28.8 Å². The number of methoxy groups -OCH3 is 4. The molecular weight excluding hydrogens is 817 g/mol. The zero-order chi connectivity index (χ0) is 44.7. The number of benzene rings is 3. The second kappa shape index (κ2) is 21.0. The van der Waals surface area contributed by atoms with Crippen LogP contribution >= 0.6 is 0 Å². The second-order valence-corrected chi connectivity index (χ2v) is 17.3. The number of ether oxygens (including phenoxy) is 8. The minimum atomic E-state index is -0.711. The van der Waals surface area contributed by atoms with Crippen LogP contribution in [-0.4, -0.2) is 115 Å². The fourth-order valence-electron chi connectivity index (χ4n) is 10.9. The molecule has 1 aromatic heterocycles. The Bertz CT molecular complexity index is 2240. The number of nitrogens with zero attached hydrogens (tertiary/aromatic N) is 2. The van der Waals surface area contributed by atoms with Crippen LogP contribution in [0.3, 0.4) is 0 Å². The van der Waals surface area contributed by atoms with E-state index in [9.17, 15) is 0 Å². The van der Waals surface area contributed by atoms with Crippen LogP contribution in [0.1, 0.15) is 85.3 Å². The molecule has 0 spiro atoms. The average molecular weight is 883 g/mol. The number of para-hydroxylation sites is 1. The lowest BCUT2D eigenvalue weighted by Gasteiger charge is -2.49. The number of carbonyl (C=O) groups is 1. The van der Waals surface area contributed by atoms with Gasteiger partial charge in [0.05, 0.1) is 67.2 Å². The van der Waals surface area contributed by atoms with Crippen LogP contribution in [0.15, 0.2) is 71.0 Å². The summed E-state index contributed by atoms with van der Waals surface area (Å²) in [7, 11) is 6.73. The van der Waals surface area contributed by atoms with E-state index in [0.717, 1.165) is 77.9 Å². The van der Waals surface area contributed by atoms with Crippen LogP contribution in [0, 0.1) is 17.8 Å². The Labute approximate surface area is 377 Å². The van der Waals surface area contributed by atoms with Crippen LogP contribution in [0.5, 0.6) is 23.0 Å². The summed E-state index contributed by atoms with van der Waals surface area (Å²) in [6, 6.07) is 16.5. The molecule has 13 nitrogen and oxygen atoms in total. The van der Waals surface area contributed by atoms with Crippen LogP contribution < -0.4 is 18.9 Å². The molecule has 0 bridgehead atoms. The summed E-state index contributed by atoms with van der Waals surface area (Å²) in [6.45, 7) is 8.61. The van der Waals surface area contributed by atoms with Crippen LogP contribution in [-0.2, 0) is 36.6 Å². The molecule has 4 aromatic rings. The fourth-order valence-corrected chi connectivity index (χ4v) is 10.9. The summed E-state index contributed by atoms with van der Waals surface area (Å²) in [6.07, 6.45) is 8.11. The first-order valence-corrected chi connectivity index (χ1v) is 23.1. The number of aliphatic hydroxyl groups excluding tert-OH is 1. The summed E-state index contributed by atoms with van der Waals surface area (Å²) in [4.78, 5) is 20.2. The molecule has 4 aliphatic rings. The van der Waals surface area contributed by atoms with Crippen molar-refractivity contribution in [3.8, 4) is 23.0 Å². The number of carbonyl (C=O) groups excluding carboxylic acids is 1. The number of hydrogen-bond acceptors (Lipinski definition) is 12. The maximum absolute atomic E-state index is 15.5. The number of hydrogen-bond donors (Lipinski definition) is 1. The molecule has 0 aliphatic carbocycles. The first kappa shape index (κ1) is 45.8. The molecule has 1 N–H and O–H groups in total. The Morgan fingerprint density at radius 1 is 0.797 bits per heavy atom. The van der Waals surface area contributed by atoms with E-state index < -0.39 is 6.29 Å². The Morgan fingerprint density at radius 3 is 2.17 bits per heavy atom. The lowest BCUT2D eigenvalue weighted by molar-refractivity contribution is -0.173. The van der Waals surface area contributed by atoms with Crippen molar-refractivity contribution in [1.82, 2.24) is 9.80 Å². The Kier molecular flexibility index (Phi) is 15.0. The number of amides is 1. The second-order valence-electron chi connectivity index (χ2n) is 17.3. The lowest BCUT2D eigenvalue weighted by Crippen LogP contribution is -2.48. The lowest BCUT2D eigenvalue weighted by atomic mass is 9.72. The third kappa shape index (κ3) is 9.33. The minimum absolute atomic E-state index is 0.0306. The molecule has 0 saturated carbocycles. The van der Waals surface area contributed by atoms with Crippen LogP contribution in [0.4, 0.5) is 0 Å². The molecule has 3 aromatic carbocycles. The third-order valence-corrected chi connectivity index (χ3v) is 14.1. The summed E-state index contributed by atoms with van der Waals surface area (Å²) in [5.41, 5.74) is 6.61. The average Bonchev–Trinajstić information content (AvgIpc) is 3.76. The van der Waals surface area contributed by atoms with Gasteiger partial charge in [0.25, 0.3) is 5.91 Å². The third-order valence-electron chi connectivity index (χ3n) is 14.1. The molecule has 8 rings (SSSR count). The van der Waals surface area contributed by atoms with Crippen molar-refractivity contribution in [2.24, 2.45) is 17.8 Å². The van der Waals surface area contributed by atoms with E-state index in [2.05, 4.69) is 42.2 Å². The standard InChI is InChI=1S/C51H66N2O11/c1-7-32-30-52-16-13-33-25-45(56-3)47(58-5)27-38(33)42(52)23-35(32)24-43-39-28-48(59-6)46(57-4)26-34(39)14-17-53(43)50(55)49-29-40(41-31-63-44-12-10-9-11-36(41)44)37(51(64-49)62-8-2)15-19-60-21-22-61-20-18-54/h9-12,25-29,31-32,35,37,40,42-43,51,54H,7-8,13-24,30H2,1-6H3. The van der Waals surface area contributed by atoms with Gasteiger partial charge in [-0.3, -0.25) is 9.69 Å². The number of rotatable bonds is 19. The van der Waals surface area contributed by atoms with E-state index in [-0.39, 0.29) is 48.8 Å². The predicted octanol–water partition coefficient (Wildman–Crippen LogP) is 8.02. The highest BCUT2D eigenvalue weighted by molar-refractivity contribution is 5.93. The molecule has 64 heavy (non-hydrogen) atoms. The zero-order valence-corrected chi connectivity index (χ0v) is 38.3. The first-order chi connectivity index (χ1) is 31.3. The monoisotopic (exact) mass is 882 g/mol. The van der Waals surface area contributed by atoms with Crippen molar-refractivity contribution in [1.29, 1.82) is 0 Å². The van der Waals surface area contributed by atoms with Gasteiger partial charge in [0.2, 0.25) is 6.29 Å². The Balaban J connectivity index is 1.15. The first-order valence-electron chi connectivity index (χ1n) is 23.1. The highest BCUT2D eigenvalue weighted by Crippen LogP contribution is 2.50. The molecule has 4 aliphatic heterocycles. The van der Waals surface area contributed by atoms with E-state index in [1.807, 2.05) is 42.4 Å². The molecule has 13 heteroatoms. The number of aliphatic hydroxyl groups is 1. The van der Waals surface area contributed by atoms with Gasteiger partial charge in [-0.15, -0.1) is 0 Å². The number of allylic oxidation sites excluding steroid dienone is 1. The zero-order valence-electron chi connectivity index (χ0n) is 38.3. The van der Waals surface area contributed by atoms with Gasteiger partial charge < -0.3 is 52.3 Å². The van der Waals surface area contributed by atoms with Gasteiger partial charge in [-0.25, -0.2) is 0 Å². The van der Waals surface area contributed by atoms with Gasteiger partial charge >= 0.3 is 0 Å². The van der Waals surface area contributed by atoms with Crippen molar-refractivity contribution >= 4 is 16.9 Å². The molecule has 7 unspecified atom stereocenters. The number of furan rings is 1. The van der Waals surface area contributed by atoms with Crippen molar-refractivity contribution in [2.45, 2.75) is 76.7 Å². The van der Waals surface area contributed by atoms with Gasteiger partial charge in [-0.05, 0) is 110 Å². The summed E-state index contributed by atoms with van der Waals surface area (Å²) in [5.74, 6) is 3.27. The molecule has 7 atom stereocenters. The van der Waals surface area contributed by atoms with Crippen LogP contribution in [0.25, 0.3) is 11.0 Å². The summed E-state index contributed by atoms with van der Waals surface area (Å²) in [5, 5.41) is 10.1. The molecule has 1 amide bonds. The van der Waals surface area contributed by atoms with E-state index in [0.29, 0.717) is 69.1 Å². The predicted molar refractivity (Wildman–Crippen MR) is 242 cm³/mol. The summed E-state index contributed by atoms with van der Waals surface area (Å²) >= 11 is 0. The summed E-state index contributed by atoms with van der Waals surface area (Å²) < 4.78 is 53.9. The van der Waals surface area contributed by atoms with Gasteiger partial charge in [0.1, 0.15) is 5.58 Å². The van der Waals surface area contributed by atoms with Gasteiger partial charge in [0, 0.05) is 61.7 Å². The van der Waals surface area contributed by atoms with Gasteiger partial charge in [-0.1, -0.05) is 31.5 Å². The van der Waals surface area contributed by atoms with Crippen molar-refractivity contribution in [3.05, 3.63) is 94.4 Å². The van der Waals surface area contributed by atoms with E-state index in [1.54, 1.807) is 28.4 Å². The Morgan fingerprint density at radius 2 is 1.47 bits per heavy atom. The Hall–Kier alpha value is -4.79. The topological polar surface area (TPSA) is 131 Å². The van der Waals surface area contributed by atoms with E-state index in [1.165, 1.54) is 11.1 Å². The maximum atomic E-state index is 15.5. The number of piperidine rings is 1. The van der Waals surface area contributed by atoms with Crippen molar-refractivity contribution in [2.75, 3.05) is 87.7 Å². The maximum Gasteiger partial charge on any atom is 0.289 e. The SMILES string of the molecule is CCOC1OC(C(=O)N2CCc3cc(OC)c(OC)cc3C2CC2CC3c4cc(OC)c(OC)cc4CCN3CC2CC)=CC(c2coc3ccccc23)C1CCOCCOCCO. The van der Waals surface area contributed by atoms with E-state index >= 15 is 4.79 Å².